The molecule has 0 unspecified atom stereocenters. The van der Waals surface area contributed by atoms with Gasteiger partial charge in [0.05, 0.1) is 11.3 Å². The normalized spacial score (nSPS) is 15.1. The van der Waals surface area contributed by atoms with Gasteiger partial charge < -0.3 is 10.0 Å². The minimum absolute atomic E-state index is 0.174. The quantitative estimate of drug-likeness (QED) is 0.862. The Bertz CT molecular complexity index is 439. The maximum atomic E-state index is 10.9. The van der Waals surface area contributed by atoms with E-state index in [0.717, 1.165) is 0 Å². The SMILES string of the molecule is Cc1nc(N(C(C)C)C2CC2)ncc1C(=O)O. The number of hydrogen-bond acceptors (Lipinski definition) is 4. The van der Waals surface area contributed by atoms with Crippen molar-refractivity contribution in [1.29, 1.82) is 0 Å². The fourth-order valence-electron chi connectivity index (χ4n) is 1.96. The Morgan fingerprint density at radius 2 is 2.18 bits per heavy atom. The van der Waals surface area contributed by atoms with E-state index in [1.165, 1.54) is 19.0 Å². The molecule has 17 heavy (non-hydrogen) atoms. The summed E-state index contributed by atoms with van der Waals surface area (Å²) in [5.74, 6) is -0.332. The van der Waals surface area contributed by atoms with Gasteiger partial charge in [-0.25, -0.2) is 14.8 Å². The molecule has 0 radical (unpaired) electrons. The first-order valence-electron chi connectivity index (χ1n) is 5.86. The molecule has 1 aliphatic rings. The van der Waals surface area contributed by atoms with Crippen LogP contribution in [0.5, 0.6) is 0 Å². The summed E-state index contributed by atoms with van der Waals surface area (Å²) in [4.78, 5) is 21.5. The standard InChI is InChI=1S/C12H17N3O2/c1-7(2)15(9-4-5-9)12-13-6-10(11(16)17)8(3)14-12/h6-7,9H,4-5H2,1-3H3,(H,16,17). The predicted octanol–water partition coefficient (Wildman–Crippen LogP) is 1.86. The van der Waals surface area contributed by atoms with E-state index in [-0.39, 0.29) is 5.56 Å². The predicted molar refractivity (Wildman–Crippen MR) is 64.4 cm³/mol. The Morgan fingerprint density at radius 3 is 2.59 bits per heavy atom. The summed E-state index contributed by atoms with van der Waals surface area (Å²) >= 11 is 0. The van der Waals surface area contributed by atoms with Crippen LogP contribution < -0.4 is 4.90 Å². The molecule has 0 aliphatic heterocycles. The number of aryl methyl sites for hydroxylation is 1. The summed E-state index contributed by atoms with van der Waals surface area (Å²) in [6.07, 6.45) is 3.74. The van der Waals surface area contributed by atoms with Gasteiger partial charge in [-0.05, 0) is 33.6 Å². The number of carboxylic acids is 1. The van der Waals surface area contributed by atoms with Gasteiger partial charge in [-0.15, -0.1) is 0 Å². The molecule has 1 fully saturated rings. The van der Waals surface area contributed by atoms with Crippen molar-refractivity contribution in [3.8, 4) is 0 Å². The van der Waals surface area contributed by atoms with Crippen molar-refractivity contribution in [3.05, 3.63) is 17.5 Å². The molecule has 0 bridgehead atoms. The first-order valence-corrected chi connectivity index (χ1v) is 5.86. The molecule has 1 aromatic rings. The molecule has 1 aromatic heterocycles. The third-order valence-electron chi connectivity index (χ3n) is 2.92. The van der Waals surface area contributed by atoms with Crippen LogP contribution in [-0.2, 0) is 0 Å². The second kappa shape index (κ2) is 4.31. The van der Waals surface area contributed by atoms with Gasteiger partial charge in [-0.3, -0.25) is 0 Å². The van der Waals surface area contributed by atoms with Crippen molar-refractivity contribution in [1.82, 2.24) is 9.97 Å². The lowest BCUT2D eigenvalue weighted by atomic mass is 10.2. The van der Waals surface area contributed by atoms with Gasteiger partial charge in [-0.2, -0.15) is 0 Å². The van der Waals surface area contributed by atoms with Crippen LogP contribution in [0.4, 0.5) is 5.95 Å². The minimum Gasteiger partial charge on any atom is -0.478 e. The highest BCUT2D eigenvalue weighted by Crippen LogP contribution is 2.31. The smallest absolute Gasteiger partial charge is 0.339 e. The number of rotatable bonds is 4. The summed E-state index contributed by atoms with van der Waals surface area (Å²) in [7, 11) is 0. The average Bonchev–Trinajstić information content (AvgIpc) is 3.01. The van der Waals surface area contributed by atoms with E-state index in [4.69, 9.17) is 5.11 Å². The van der Waals surface area contributed by atoms with Crippen molar-refractivity contribution in [3.63, 3.8) is 0 Å². The second-order valence-corrected chi connectivity index (χ2v) is 4.71. The molecule has 0 saturated heterocycles. The lowest BCUT2D eigenvalue weighted by Gasteiger charge is -2.26. The average molecular weight is 235 g/mol. The van der Waals surface area contributed by atoms with E-state index in [1.54, 1.807) is 6.92 Å². The van der Waals surface area contributed by atoms with E-state index >= 15 is 0 Å². The molecule has 1 saturated carbocycles. The van der Waals surface area contributed by atoms with Crippen molar-refractivity contribution >= 4 is 11.9 Å². The lowest BCUT2D eigenvalue weighted by Crippen LogP contribution is -2.34. The van der Waals surface area contributed by atoms with E-state index < -0.39 is 5.97 Å². The summed E-state index contributed by atoms with van der Waals surface area (Å²) in [6, 6.07) is 0.850. The zero-order chi connectivity index (χ0) is 12.6. The van der Waals surface area contributed by atoms with Crippen molar-refractivity contribution in [2.24, 2.45) is 0 Å². The molecule has 0 atom stereocenters. The third-order valence-corrected chi connectivity index (χ3v) is 2.92. The number of nitrogens with zero attached hydrogens (tertiary/aromatic N) is 3. The molecule has 0 spiro atoms. The molecule has 0 amide bonds. The van der Waals surface area contributed by atoms with Crippen LogP contribution >= 0.6 is 0 Å². The Morgan fingerprint density at radius 1 is 1.53 bits per heavy atom. The summed E-state index contributed by atoms with van der Waals surface area (Å²) < 4.78 is 0. The van der Waals surface area contributed by atoms with Gasteiger partial charge in [0.1, 0.15) is 0 Å². The Labute approximate surface area is 100 Å². The molecule has 5 nitrogen and oxygen atoms in total. The van der Waals surface area contributed by atoms with Crippen LogP contribution in [0.25, 0.3) is 0 Å². The Kier molecular flexibility index (Phi) is 3.00. The van der Waals surface area contributed by atoms with Crippen molar-refractivity contribution in [2.75, 3.05) is 4.90 Å². The maximum absolute atomic E-state index is 10.9. The van der Waals surface area contributed by atoms with Gasteiger partial charge in [0, 0.05) is 18.3 Å². The van der Waals surface area contributed by atoms with E-state index in [0.29, 0.717) is 23.7 Å². The number of hydrogen-bond donors (Lipinski definition) is 1. The number of anilines is 1. The minimum atomic E-state index is -0.975. The van der Waals surface area contributed by atoms with Gasteiger partial charge in [0.15, 0.2) is 0 Å². The number of carboxylic acid groups (broad SMARTS) is 1. The largest absolute Gasteiger partial charge is 0.478 e. The Hall–Kier alpha value is -1.65. The number of aromatic carboxylic acids is 1. The molecular formula is C12H17N3O2. The van der Waals surface area contributed by atoms with Crippen LogP contribution in [0.3, 0.4) is 0 Å². The molecule has 92 valence electrons. The van der Waals surface area contributed by atoms with Crippen LogP contribution in [0.2, 0.25) is 0 Å². The van der Waals surface area contributed by atoms with E-state index in [9.17, 15) is 4.79 Å². The summed E-state index contributed by atoms with van der Waals surface area (Å²) in [5.41, 5.74) is 0.696. The van der Waals surface area contributed by atoms with Crippen LogP contribution in [-0.4, -0.2) is 33.1 Å². The topological polar surface area (TPSA) is 66.3 Å². The van der Waals surface area contributed by atoms with Crippen LogP contribution in [0, 0.1) is 6.92 Å². The fourth-order valence-corrected chi connectivity index (χ4v) is 1.96. The first-order chi connectivity index (χ1) is 8.00. The molecule has 1 heterocycles. The fraction of sp³-hybridized carbons (Fsp3) is 0.583. The molecule has 0 aromatic carbocycles. The lowest BCUT2D eigenvalue weighted by molar-refractivity contribution is 0.0695. The highest BCUT2D eigenvalue weighted by atomic mass is 16.4. The molecule has 1 aliphatic carbocycles. The second-order valence-electron chi connectivity index (χ2n) is 4.71. The van der Waals surface area contributed by atoms with Crippen molar-refractivity contribution in [2.45, 2.75) is 45.7 Å². The first kappa shape index (κ1) is 11.8. The third kappa shape index (κ3) is 2.38. The molecular weight excluding hydrogens is 218 g/mol. The van der Waals surface area contributed by atoms with Gasteiger partial charge >= 0.3 is 5.97 Å². The maximum Gasteiger partial charge on any atom is 0.339 e. The highest BCUT2D eigenvalue weighted by Gasteiger charge is 2.32. The molecule has 2 rings (SSSR count). The highest BCUT2D eigenvalue weighted by molar-refractivity contribution is 5.88. The zero-order valence-electron chi connectivity index (χ0n) is 10.3. The van der Waals surface area contributed by atoms with Gasteiger partial charge in [-0.1, -0.05) is 0 Å². The Balaban J connectivity index is 2.32. The molecule has 5 heteroatoms. The number of aromatic nitrogens is 2. The summed E-state index contributed by atoms with van der Waals surface area (Å²) in [6.45, 7) is 5.91. The van der Waals surface area contributed by atoms with E-state index in [1.807, 2.05) is 0 Å². The van der Waals surface area contributed by atoms with Gasteiger partial charge in [0.25, 0.3) is 0 Å². The van der Waals surface area contributed by atoms with Crippen LogP contribution in [0.15, 0.2) is 6.20 Å². The monoisotopic (exact) mass is 235 g/mol. The van der Waals surface area contributed by atoms with Crippen LogP contribution in [0.1, 0.15) is 42.7 Å². The van der Waals surface area contributed by atoms with Crippen molar-refractivity contribution < 1.29 is 9.90 Å². The summed E-state index contributed by atoms with van der Waals surface area (Å²) in [5, 5.41) is 8.93. The van der Waals surface area contributed by atoms with Gasteiger partial charge in [0.2, 0.25) is 5.95 Å². The zero-order valence-corrected chi connectivity index (χ0v) is 10.3. The number of carbonyl (C=O) groups is 1. The molecule has 1 N–H and O–H groups in total. The van der Waals surface area contributed by atoms with E-state index in [2.05, 4.69) is 28.7 Å².